The average Bonchev–Trinajstić information content (AvgIpc) is 2.42. The van der Waals surface area contributed by atoms with E-state index in [4.69, 9.17) is 11.6 Å². The van der Waals surface area contributed by atoms with Crippen molar-refractivity contribution in [1.82, 2.24) is 10.3 Å². The zero-order valence-corrected chi connectivity index (χ0v) is 12.5. The lowest BCUT2D eigenvalue weighted by Gasteiger charge is -2.22. The van der Waals surface area contributed by atoms with Gasteiger partial charge in [-0.25, -0.2) is 4.98 Å². The van der Waals surface area contributed by atoms with Crippen molar-refractivity contribution in [2.24, 2.45) is 0 Å². The minimum atomic E-state index is -0.108. The van der Waals surface area contributed by atoms with Crippen molar-refractivity contribution in [1.29, 1.82) is 0 Å². The number of pyridine rings is 1. The third-order valence-electron chi connectivity index (χ3n) is 3.01. The molecule has 2 heterocycles. The molecule has 0 unspecified atom stereocenters. The molecule has 0 aliphatic carbocycles. The summed E-state index contributed by atoms with van der Waals surface area (Å²) in [5.74, 6) is 2.79. The monoisotopic (exact) mass is 299 g/mol. The lowest BCUT2D eigenvalue weighted by Crippen LogP contribution is -2.37. The van der Waals surface area contributed by atoms with Gasteiger partial charge in [-0.05, 0) is 37.3 Å². The van der Waals surface area contributed by atoms with E-state index in [0.717, 1.165) is 30.9 Å². The van der Waals surface area contributed by atoms with Crippen LogP contribution in [0, 0.1) is 0 Å². The quantitative estimate of drug-likeness (QED) is 0.897. The van der Waals surface area contributed by atoms with Gasteiger partial charge in [0.1, 0.15) is 5.82 Å². The van der Waals surface area contributed by atoms with Crippen LogP contribution in [-0.2, 0) is 0 Å². The number of hydrogen-bond donors (Lipinski definition) is 2. The van der Waals surface area contributed by atoms with E-state index < -0.39 is 0 Å². The number of thioether (sulfide) groups is 1. The Morgan fingerprint density at radius 3 is 2.95 bits per heavy atom. The molecule has 4 nitrogen and oxygen atoms in total. The van der Waals surface area contributed by atoms with Gasteiger partial charge in [-0.2, -0.15) is 11.8 Å². The van der Waals surface area contributed by atoms with Crippen LogP contribution in [0.15, 0.2) is 12.3 Å². The average molecular weight is 300 g/mol. The number of anilines is 1. The summed E-state index contributed by atoms with van der Waals surface area (Å²) < 4.78 is 0. The summed E-state index contributed by atoms with van der Waals surface area (Å²) in [4.78, 5) is 16.4. The van der Waals surface area contributed by atoms with Crippen LogP contribution in [0.5, 0.6) is 0 Å². The zero-order valence-electron chi connectivity index (χ0n) is 10.9. The molecule has 0 atom stereocenters. The smallest absolute Gasteiger partial charge is 0.253 e. The van der Waals surface area contributed by atoms with Crippen molar-refractivity contribution < 1.29 is 4.79 Å². The lowest BCUT2D eigenvalue weighted by molar-refractivity contribution is 0.0935. The fraction of sp³-hybridized carbons (Fsp3) is 0.538. The fourth-order valence-corrected chi connectivity index (χ4v) is 3.29. The Labute approximate surface area is 122 Å². The Kier molecular flexibility index (Phi) is 5.34. The van der Waals surface area contributed by atoms with Gasteiger partial charge < -0.3 is 10.6 Å². The number of nitrogens with one attached hydrogen (secondary N) is 2. The van der Waals surface area contributed by atoms with Gasteiger partial charge in [-0.1, -0.05) is 11.6 Å². The molecular weight excluding hydrogens is 282 g/mol. The molecule has 104 valence electrons. The Bertz CT molecular complexity index is 450. The van der Waals surface area contributed by atoms with Crippen LogP contribution in [-0.4, -0.2) is 35.0 Å². The number of carbonyl (C=O) groups is 1. The van der Waals surface area contributed by atoms with Gasteiger partial charge in [0, 0.05) is 18.8 Å². The van der Waals surface area contributed by atoms with E-state index >= 15 is 0 Å². The van der Waals surface area contributed by atoms with Crippen molar-refractivity contribution in [2.45, 2.75) is 25.8 Å². The van der Waals surface area contributed by atoms with Gasteiger partial charge in [-0.3, -0.25) is 4.79 Å². The molecule has 0 spiro atoms. The molecule has 0 aromatic carbocycles. The van der Waals surface area contributed by atoms with Crippen LogP contribution in [0.4, 0.5) is 5.82 Å². The second-order valence-electron chi connectivity index (χ2n) is 4.44. The second kappa shape index (κ2) is 7.01. The molecule has 6 heteroatoms. The Morgan fingerprint density at radius 1 is 1.53 bits per heavy atom. The minimum Gasteiger partial charge on any atom is -0.370 e. The highest BCUT2D eigenvalue weighted by atomic mass is 35.5. The van der Waals surface area contributed by atoms with Crippen molar-refractivity contribution in [3.8, 4) is 0 Å². The predicted octanol–water partition coefficient (Wildman–Crippen LogP) is 2.79. The first-order valence-corrected chi connectivity index (χ1v) is 8.02. The summed E-state index contributed by atoms with van der Waals surface area (Å²) in [6, 6.07) is 1.97. The van der Waals surface area contributed by atoms with Gasteiger partial charge in [-0.15, -0.1) is 0 Å². The zero-order chi connectivity index (χ0) is 13.7. The van der Waals surface area contributed by atoms with Crippen LogP contribution in [0.1, 0.15) is 30.1 Å². The van der Waals surface area contributed by atoms with Crippen LogP contribution in [0.3, 0.4) is 0 Å². The fourth-order valence-electron chi connectivity index (χ4n) is 2.00. The summed E-state index contributed by atoms with van der Waals surface area (Å²) in [7, 11) is 0. The minimum absolute atomic E-state index is 0.108. The van der Waals surface area contributed by atoms with E-state index in [1.54, 1.807) is 6.07 Å². The van der Waals surface area contributed by atoms with E-state index in [1.165, 1.54) is 6.20 Å². The summed E-state index contributed by atoms with van der Waals surface area (Å²) >= 11 is 7.99. The SMILES string of the molecule is CCNc1cc(C(=O)NC2CCSCC2)c(Cl)cn1. The molecule has 2 N–H and O–H groups in total. The molecule has 1 aliphatic heterocycles. The number of halogens is 1. The Morgan fingerprint density at radius 2 is 2.26 bits per heavy atom. The maximum atomic E-state index is 12.2. The highest BCUT2D eigenvalue weighted by molar-refractivity contribution is 7.99. The molecule has 1 amide bonds. The number of rotatable bonds is 4. The van der Waals surface area contributed by atoms with Crippen LogP contribution >= 0.6 is 23.4 Å². The highest BCUT2D eigenvalue weighted by Crippen LogP contribution is 2.20. The summed E-state index contributed by atoms with van der Waals surface area (Å²) in [6.07, 6.45) is 3.57. The maximum Gasteiger partial charge on any atom is 0.253 e. The van der Waals surface area contributed by atoms with E-state index in [9.17, 15) is 4.79 Å². The van der Waals surface area contributed by atoms with Gasteiger partial charge in [0.15, 0.2) is 0 Å². The Balaban J connectivity index is 2.06. The first-order valence-electron chi connectivity index (χ1n) is 6.48. The van der Waals surface area contributed by atoms with E-state index in [2.05, 4.69) is 15.6 Å². The number of carbonyl (C=O) groups excluding carboxylic acids is 1. The molecule has 1 aliphatic rings. The van der Waals surface area contributed by atoms with Crippen LogP contribution in [0.25, 0.3) is 0 Å². The molecule has 0 radical (unpaired) electrons. The lowest BCUT2D eigenvalue weighted by atomic mass is 10.1. The standard InChI is InChI=1S/C13H18ClN3OS/c1-2-15-12-7-10(11(14)8-16-12)13(18)17-9-3-5-19-6-4-9/h7-9H,2-6H2,1H3,(H,15,16)(H,17,18). The first kappa shape index (κ1) is 14.5. The largest absolute Gasteiger partial charge is 0.370 e. The topological polar surface area (TPSA) is 54.0 Å². The molecule has 0 saturated carbocycles. The maximum absolute atomic E-state index is 12.2. The van der Waals surface area contributed by atoms with Crippen molar-refractivity contribution in [3.05, 3.63) is 22.8 Å². The number of amides is 1. The van der Waals surface area contributed by atoms with E-state index in [0.29, 0.717) is 16.4 Å². The molecule has 1 aromatic rings. The van der Waals surface area contributed by atoms with Crippen molar-refractivity contribution in [3.63, 3.8) is 0 Å². The van der Waals surface area contributed by atoms with Crippen LogP contribution in [0.2, 0.25) is 5.02 Å². The molecule has 19 heavy (non-hydrogen) atoms. The third-order valence-corrected chi connectivity index (χ3v) is 4.36. The second-order valence-corrected chi connectivity index (χ2v) is 6.07. The molecule has 0 bridgehead atoms. The Hall–Kier alpha value is -0.940. The predicted molar refractivity (Wildman–Crippen MR) is 81.2 cm³/mol. The van der Waals surface area contributed by atoms with Gasteiger partial charge in [0.2, 0.25) is 0 Å². The molecule has 1 fully saturated rings. The van der Waals surface area contributed by atoms with Crippen LogP contribution < -0.4 is 10.6 Å². The molecular formula is C13H18ClN3OS. The van der Waals surface area contributed by atoms with Gasteiger partial charge >= 0.3 is 0 Å². The highest BCUT2D eigenvalue weighted by Gasteiger charge is 2.19. The van der Waals surface area contributed by atoms with Gasteiger partial charge in [0.05, 0.1) is 10.6 Å². The van der Waals surface area contributed by atoms with Gasteiger partial charge in [0.25, 0.3) is 5.91 Å². The normalized spacial score (nSPS) is 16.1. The summed E-state index contributed by atoms with van der Waals surface area (Å²) in [5, 5.41) is 6.53. The number of aromatic nitrogens is 1. The molecule has 1 aromatic heterocycles. The number of nitrogens with zero attached hydrogens (tertiary/aromatic N) is 1. The summed E-state index contributed by atoms with van der Waals surface area (Å²) in [5.41, 5.74) is 0.492. The van der Waals surface area contributed by atoms with E-state index in [-0.39, 0.29) is 11.9 Å². The first-order chi connectivity index (χ1) is 9.20. The molecule has 1 saturated heterocycles. The molecule has 2 rings (SSSR count). The van der Waals surface area contributed by atoms with Crippen molar-refractivity contribution >= 4 is 35.1 Å². The number of hydrogen-bond acceptors (Lipinski definition) is 4. The summed E-state index contributed by atoms with van der Waals surface area (Å²) in [6.45, 7) is 2.74. The third kappa shape index (κ3) is 4.01. The van der Waals surface area contributed by atoms with E-state index in [1.807, 2.05) is 18.7 Å². The van der Waals surface area contributed by atoms with Crippen molar-refractivity contribution in [2.75, 3.05) is 23.4 Å².